The highest BCUT2D eigenvalue weighted by atomic mass is 16.5. The van der Waals surface area contributed by atoms with Gasteiger partial charge in [0.2, 0.25) is 6.39 Å². The second kappa shape index (κ2) is 7.33. The van der Waals surface area contributed by atoms with E-state index < -0.39 is 0 Å². The van der Waals surface area contributed by atoms with Crippen LogP contribution in [0.4, 0.5) is 0 Å². The first-order chi connectivity index (χ1) is 7.36. The van der Waals surface area contributed by atoms with Gasteiger partial charge in [0.25, 0.3) is 0 Å². The lowest BCUT2D eigenvalue weighted by Crippen LogP contribution is -2.33. The van der Waals surface area contributed by atoms with Crippen LogP contribution in [-0.4, -0.2) is 36.4 Å². The van der Waals surface area contributed by atoms with Gasteiger partial charge >= 0.3 is 0 Å². The molecule has 0 saturated carbocycles. The lowest BCUT2D eigenvalue weighted by atomic mass is 10.1. The fraction of sp³-hybridized carbons (Fsp3) is 0.778. The van der Waals surface area contributed by atoms with Crippen molar-refractivity contribution in [2.75, 3.05) is 20.3 Å². The summed E-state index contributed by atoms with van der Waals surface area (Å²) in [5.41, 5.74) is 5.46. The van der Waals surface area contributed by atoms with E-state index in [2.05, 4.69) is 20.0 Å². The maximum absolute atomic E-state index is 5.46. The van der Waals surface area contributed by atoms with Crippen LogP contribution in [0.15, 0.2) is 10.9 Å². The minimum absolute atomic E-state index is 0.289. The number of nitrogens with zero attached hydrogens (tertiary/aromatic N) is 2. The molecule has 0 saturated heterocycles. The highest BCUT2D eigenvalue weighted by Crippen LogP contribution is 1.98. The zero-order chi connectivity index (χ0) is 10.9. The average molecular weight is 214 g/mol. The molecule has 0 bridgehead atoms. The number of nitrogens with two attached hydrogens (primary N) is 1. The topological polar surface area (TPSA) is 86.2 Å². The molecule has 1 aromatic heterocycles. The van der Waals surface area contributed by atoms with Crippen molar-refractivity contribution in [1.29, 1.82) is 0 Å². The molecule has 86 valence electrons. The molecule has 0 aliphatic rings. The minimum Gasteiger partial charge on any atom is -0.383 e. The minimum atomic E-state index is 0.289. The van der Waals surface area contributed by atoms with E-state index in [1.807, 2.05) is 0 Å². The number of rotatable bonds is 8. The summed E-state index contributed by atoms with van der Waals surface area (Å²) >= 11 is 0. The quantitative estimate of drug-likeness (QED) is 0.629. The molecule has 1 unspecified atom stereocenters. The van der Waals surface area contributed by atoms with Crippen LogP contribution in [0, 0.1) is 0 Å². The summed E-state index contributed by atoms with van der Waals surface area (Å²) in [6.07, 6.45) is 3.29. The number of methoxy groups -OCH3 is 1. The van der Waals surface area contributed by atoms with Gasteiger partial charge in [-0.25, -0.2) is 0 Å². The predicted molar refractivity (Wildman–Crippen MR) is 55.1 cm³/mol. The van der Waals surface area contributed by atoms with Gasteiger partial charge < -0.3 is 20.3 Å². The van der Waals surface area contributed by atoms with Gasteiger partial charge in [-0.1, -0.05) is 5.16 Å². The van der Waals surface area contributed by atoms with E-state index in [0.29, 0.717) is 25.5 Å². The van der Waals surface area contributed by atoms with Crippen LogP contribution in [0.2, 0.25) is 0 Å². The van der Waals surface area contributed by atoms with Crippen LogP contribution in [0.25, 0.3) is 0 Å². The van der Waals surface area contributed by atoms with Gasteiger partial charge in [-0.3, -0.25) is 0 Å². The Labute approximate surface area is 89.2 Å². The van der Waals surface area contributed by atoms with Crippen molar-refractivity contribution in [2.45, 2.75) is 25.4 Å². The van der Waals surface area contributed by atoms with Crippen LogP contribution < -0.4 is 11.1 Å². The molecule has 1 aromatic rings. The summed E-state index contributed by atoms with van der Waals surface area (Å²) in [7, 11) is 1.69. The monoisotopic (exact) mass is 214 g/mol. The number of nitrogens with one attached hydrogen (secondary N) is 1. The molecular weight excluding hydrogens is 196 g/mol. The molecular formula is C9H18N4O2. The Morgan fingerprint density at radius 3 is 3.13 bits per heavy atom. The standard InChI is InChI=1S/C9H18N4O2/c1-14-6-8(3-2-4-10)11-5-9-12-7-15-13-9/h7-8,11H,2-6,10H2,1H3. The van der Waals surface area contributed by atoms with Crippen molar-refractivity contribution in [1.82, 2.24) is 15.5 Å². The van der Waals surface area contributed by atoms with Crippen LogP contribution >= 0.6 is 0 Å². The molecule has 6 nitrogen and oxygen atoms in total. The van der Waals surface area contributed by atoms with Crippen LogP contribution in [0.3, 0.4) is 0 Å². The molecule has 0 fully saturated rings. The Kier molecular flexibility index (Phi) is 5.91. The summed E-state index contributed by atoms with van der Waals surface area (Å²) in [4.78, 5) is 3.92. The van der Waals surface area contributed by atoms with Crippen molar-refractivity contribution >= 4 is 0 Å². The van der Waals surface area contributed by atoms with Gasteiger partial charge in [-0.15, -0.1) is 0 Å². The van der Waals surface area contributed by atoms with Gasteiger partial charge in [0.15, 0.2) is 5.82 Å². The molecule has 0 spiro atoms. The highest BCUT2D eigenvalue weighted by molar-refractivity contribution is 4.78. The van der Waals surface area contributed by atoms with Crippen molar-refractivity contribution in [2.24, 2.45) is 5.73 Å². The third-order valence-electron chi connectivity index (χ3n) is 2.08. The second-order valence-electron chi connectivity index (χ2n) is 3.31. The van der Waals surface area contributed by atoms with Crippen molar-refractivity contribution in [3.63, 3.8) is 0 Å². The third-order valence-corrected chi connectivity index (χ3v) is 2.08. The van der Waals surface area contributed by atoms with Gasteiger partial charge in [-0.2, -0.15) is 4.98 Å². The van der Waals surface area contributed by atoms with Gasteiger partial charge in [-0.05, 0) is 19.4 Å². The summed E-state index contributed by atoms with van der Waals surface area (Å²) in [6, 6.07) is 0.289. The van der Waals surface area contributed by atoms with E-state index in [-0.39, 0.29) is 6.04 Å². The average Bonchev–Trinajstić information content (AvgIpc) is 2.75. The van der Waals surface area contributed by atoms with Gasteiger partial charge in [0.1, 0.15) is 0 Å². The fourth-order valence-electron chi connectivity index (χ4n) is 1.32. The zero-order valence-corrected chi connectivity index (χ0v) is 8.98. The molecule has 1 rings (SSSR count). The first-order valence-electron chi connectivity index (χ1n) is 5.04. The van der Waals surface area contributed by atoms with Crippen LogP contribution in [0.5, 0.6) is 0 Å². The van der Waals surface area contributed by atoms with E-state index in [4.69, 9.17) is 10.5 Å². The van der Waals surface area contributed by atoms with Crippen molar-refractivity contribution in [3.8, 4) is 0 Å². The molecule has 0 radical (unpaired) electrons. The molecule has 15 heavy (non-hydrogen) atoms. The predicted octanol–water partition coefficient (Wildman–Crippen LogP) is -0.0869. The smallest absolute Gasteiger partial charge is 0.213 e. The van der Waals surface area contributed by atoms with E-state index >= 15 is 0 Å². The van der Waals surface area contributed by atoms with Crippen molar-refractivity contribution < 1.29 is 9.26 Å². The molecule has 0 aliphatic carbocycles. The van der Waals surface area contributed by atoms with E-state index in [9.17, 15) is 0 Å². The molecule has 1 heterocycles. The molecule has 0 aromatic carbocycles. The van der Waals surface area contributed by atoms with Crippen molar-refractivity contribution in [3.05, 3.63) is 12.2 Å². The fourth-order valence-corrected chi connectivity index (χ4v) is 1.32. The highest BCUT2D eigenvalue weighted by Gasteiger charge is 2.08. The summed E-state index contributed by atoms with van der Waals surface area (Å²) in [5, 5.41) is 7.01. The zero-order valence-electron chi connectivity index (χ0n) is 8.98. The lowest BCUT2D eigenvalue weighted by molar-refractivity contribution is 0.160. The number of hydrogen-bond donors (Lipinski definition) is 2. The molecule has 1 atom stereocenters. The van der Waals surface area contributed by atoms with Gasteiger partial charge in [0.05, 0.1) is 13.2 Å². The summed E-state index contributed by atoms with van der Waals surface area (Å²) < 4.78 is 9.74. The third kappa shape index (κ3) is 4.87. The van der Waals surface area contributed by atoms with E-state index in [1.165, 1.54) is 6.39 Å². The van der Waals surface area contributed by atoms with Crippen LogP contribution in [-0.2, 0) is 11.3 Å². The Morgan fingerprint density at radius 2 is 2.53 bits per heavy atom. The summed E-state index contributed by atoms with van der Waals surface area (Å²) in [6.45, 7) is 1.96. The molecule has 0 aliphatic heterocycles. The van der Waals surface area contributed by atoms with Crippen LogP contribution in [0.1, 0.15) is 18.7 Å². The molecule has 3 N–H and O–H groups in total. The SMILES string of the molecule is COCC(CCCN)NCc1ncon1. The maximum atomic E-state index is 5.46. The molecule has 0 amide bonds. The lowest BCUT2D eigenvalue weighted by Gasteiger charge is -2.16. The number of hydrogen-bond acceptors (Lipinski definition) is 6. The summed E-state index contributed by atoms with van der Waals surface area (Å²) in [5.74, 6) is 0.656. The largest absolute Gasteiger partial charge is 0.383 e. The Bertz CT molecular complexity index is 240. The molecule has 6 heteroatoms. The first kappa shape index (κ1) is 12.1. The number of aromatic nitrogens is 2. The van der Waals surface area contributed by atoms with E-state index in [0.717, 1.165) is 12.8 Å². The number of ether oxygens (including phenoxy) is 1. The second-order valence-corrected chi connectivity index (χ2v) is 3.31. The Balaban J connectivity index is 2.24. The van der Waals surface area contributed by atoms with E-state index in [1.54, 1.807) is 7.11 Å². The Morgan fingerprint density at radius 1 is 1.67 bits per heavy atom. The Hall–Kier alpha value is -0.980. The van der Waals surface area contributed by atoms with Gasteiger partial charge in [0, 0.05) is 13.2 Å². The maximum Gasteiger partial charge on any atom is 0.213 e. The normalized spacial score (nSPS) is 12.9. The first-order valence-corrected chi connectivity index (χ1v) is 5.04.